The van der Waals surface area contributed by atoms with E-state index in [0.717, 1.165) is 19.5 Å². The van der Waals surface area contributed by atoms with Crippen LogP contribution >= 0.6 is 11.6 Å². The predicted molar refractivity (Wildman–Crippen MR) is 64.3 cm³/mol. The van der Waals surface area contributed by atoms with Crippen molar-refractivity contribution >= 4 is 17.4 Å². The van der Waals surface area contributed by atoms with Gasteiger partial charge in [0.1, 0.15) is 10.9 Å². The summed E-state index contributed by atoms with van der Waals surface area (Å²) in [5.41, 5.74) is 0.606. The van der Waals surface area contributed by atoms with Gasteiger partial charge in [0.25, 0.3) is 0 Å². The van der Waals surface area contributed by atoms with Gasteiger partial charge in [0.2, 0.25) is 5.78 Å². The van der Waals surface area contributed by atoms with Gasteiger partial charge in [0.15, 0.2) is 0 Å². The maximum atomic E-state index is 12.0. The van der Waals surface area contributed by atoms with E-state index in [9.17, 15) is 4.79 Å². The van der Waals surface area contributed by atoms with Crippen molar-refractivity contribution in [1.82, 2.24) is 10.6 Å². The summed E-state index contributed by atoms with van der Waals surface area (Å²) in [4.78, 5) is 12.0. The zero-order valence-corrected chi connectivity index (χ0v) is 9.55. The monoisotopic (exact) mass is 236 g/mol. The first kappa shape index (κ1) is 11.0. The molecule has 1 heterocycles. The van der Waals surface area contributed by atoms with Crippen LogP contribution in [0.5, 0.6) is 0 Å². The number of allylic oxidation sites excluding steroid dienone is 1. The van der Waals surface area contributed by atoms with Crippen LogP contribution in [0.1, 0.15) is 16.8 Å². The van der Waals surface area contributed by atoms with Gasteiger partial charge in [-0.05, 0) is 6.42 Å². The lowest BCUT2D eigenvalue weighted by Gasteiger charge is -2.20. The van der Waals surface area contributed by atoms with E-state index in [2.05, 4.69) is 10.6 Å². The second kappa shape index (κ2) is 5.03. The number of ketones is 1. The Morgan fingerprint density at radius 3 is 2.38 bits per heavy atom. The molecule has 2 N–H and O–H groups in total. The highest BCUT2D eigenvalue weighted by atomic mass is 35.5. The van der Waals surface area contributed by atoms with Crippen LogP contribution in [0.2, 0.25) is 0 Å². The number of carbonyl (C=O) groups is 1. The molecule has 0 spiro atoms. The predicted octanol–water partition coefficient (Wildman–Crippen LogP) is 1.86. The first-order valence-electron chi connectivity index (χ1n) is 5.26. The maximum absolute atomic E-state index is 12.0. The highest BCUT2D eigenvalue weighted by molar-refractivity contribution is 6.45. The summed E-state index contributed by atoms with van der Waals surface area (Å²) in [5, 5.41) is 6.40. The third-order valence-corrected chi connectivity index (χ3v) is 2.77. The zero-order chi connectivity index (χ0) is 11.4. The van der Waals surface area contributed by atoms with Crippen molar-refractivity contribution in [3.8, 4) is 0 Å². The van der Waals surface area contributed by atoms with Gasteiger partial charge in [-0.15, -0.1) is 0 Å². The lowest BCUT2D eigenvalue weighted by molar-refractivity contribution is 0.104. The van der Waals surface area contributed by atoms with E-state index < -0.39 is 0 Å². The molecule has 1 aliphatic rings. The number of Topliss-reactive ketones (excluding diaryl/α,β-unsaturated/α-hetero) is 1. The molecule has 4 heteroatoms. The SMILES string of the molecule is O=C(C(Cl)=C1NCCCN1)c1ccccc1. The van der Waals surface area contributed by atoms with Crippen molar-refractivity contribution in [3.05, 3.63) is 46.7 Å². The molecule has 0 bridgehead atoms. The first-order chi connectivity index (χ1) is 7.79. The van der Waals surface area contributed by atoms with Gasteiger partial charge in [-0.1, -0.05) is 41.9 Å². The average molecular weight is 237 g/mol. The summed E-state index contributed by atoms with van der Waals surface area (Å²) in [6.45, 7) is 1.70. The largest absolute Gasteiger partial charge is 0.370 e. The van der Waals surface area contributed by atoms with Gasteiger partial charge >= 0.3 is 0 Å². The standard InChI is InChI=1S/C12H13ClN2O/c13-10(12-14-7-4-8-15-12)11(16)9-5-2-1-3-6-9/h1-3,5-6,14-15H,4,7-8H2. The first-order valence-corrected chi connectivity index (χ1v) is 5.64. The van der Waals surface area contributed by atoms with Gasteiger partial charge in [0.05, 0.1) is 0 Å². The van der Waals surface area contributed by atoms with Crippen LogP contribution in [-0.2, 0) is 0 Å². The maximum Gasteiger partial charge on any atom is 0.208 e. The van der Waals surface area contributed by atoms with Crippen molar-refractivity contribution < 1.29 is 4.79 Å². The lowest BCUT2D eigenvalue weighted by Crippen LogP contribution is -2.36. The van der Waals surface area contributed by atoms with Gasteiger partial charge in [0, 0.05) is 18.7 Å². The third kappa shape index (κ3) is 2.36. The molecule has 2 rings (SSSR count). The Hall–Kier alpha value is -1.48. The second-order valence-corrected chi connectivity index (χ2v) is 3.97. The molecule has 16 heavy (non-hydrogen) atoms. The molecule has 1 aromatic carbocycles. The minimum Gasteiger partial charge on any atom is -0.370 e. The van der Waals surface area contributed by atoms with E-state index in [0.29, 0.717) is 11.4 Å². The molecule has 0 atom stereocenters. The Kier molecular flexibility index (Phi) is 3.47. The summed E-state index contributed by atoms with van der Waals surface area (Å²) >= 11 is 6.05. The summed E-state index contributed by atoms with van der Waals surface area (Å²) < 4.78 is 0. The van der Waals surface area contributed by atoms with Crippen LogP contribution in [-0.4, -0.2) is 18.9 Å². The van der Waals surface area contributed by atoms with E-state index in [1.165, 1.54) is 0 Å². The molecule has 3 nitrogen and oxygen atoms in total. The van der Waals surface area contributed by atoms with Crippen molar-refractivity contribution in [2.24, 2.45) is 0 Å². The summed E-state index contributed by atoms with van der Waals surface area (Å²) in [7, 11) is 0. The van der Waals surface area contributed by atoms with Gasteiger partial charge in [-0.3, -0.25) is 4.79 Å². The van der Waals surface area contributed by atoms with E-state index in [-0.39, 0.29) is 10.8 Å². The van der Waals surface area contributed by atoms with E-state index in [1.54, 1.807) is 12.1 Å². The summed E-state index contributed by atoms with van der Waals surface area (Å²) in [5.74, 6) is 0.487. The number of benzene rings is 1. The second-order valence-electron chi connectivity index (χ2n) is 3.59. The van der Waals surface area contributed by atoms with E-state index in [1.807, 2.05) is 18.2 Å². The summed E-state index contributed by atoms with van der Waals surface area (Å²) in [6, 6.07) is 9.03. The molecular formula is C12H13ClN2O. The Morgan fingerprint density at radius 2 is 1.75 bits per heavy atom. The van der Waals surface area contributed by atoms with Crippen LogP contribution < -0.4 is 10.6 Å². The fourth-order valence-corrected chi connectivity index (χ4v) is 1.81. The molecule has 0 amide bonds. The number of carbonyl (C=O) groups excluding carboxylic acids is 1. The van der Waals surface area contributed by atoms with Crippen molar-refractivity contribution in [2.75, 3.05) is 13.1 Å². The van der Waals surface area contributed by atoms with E-state index in [4.69, 9.17) is 11.6 Å². The van der Waals surface area contributed by atoms with Crippen molar-refractivity contribution in [3.63, 3.8) is 0 Å². The smallest absolute Gasteiger partial charge is 0.208 e. The average Bonchev–Trinajstić information content (AvgIpc) is 2.39. The number of hydrogen-bond donors (Lipinski definition) is 2. The molecule has 1 aliphatic heterocycles. The molecule has 1 aromatic rings. The Bertz CT molecular complexity index is 406. The number of rotatable bonds is 2. The van der Waals surface area contributed by atoms with Crippen LogP contribution in [0, 0.1) is 0 Å². The van der Waals surface area contributed by atoms with Gasteiger partial charge in [-0.25, -0.2) is 0 Å². The molecule has 1 fully saturated rings. The molecular weight excluding hydrogens is 224 g/mol. The molecule has 0 aliphatic carbocycles. The molecule has 0 unspecified atom stereocenters. The zero-order valence-electron chi connectivity index (χ0n) is 8.79. The lowest BCUT2D eigenvalue weighted by atomic mass is 10.1. The third-order valence-electron chi connectivity index (χ3n) is 2.41. The minimum atomic E-state index is -0.154. The Balaban J connectivity index is 2.21. The molecule has 84 valence electrons. The minimum absolute atomic E-state index is 0.154. The van der Waals surface area contributed by atoms with Crippen LogP contribution in [0.4, 0.5) is 0 Å². The Morgan fingerprint density at radius 1 is 1.12 bits per heavy atom. The van der Waals surface area contributed by atoms with Crippen LogP contribution in [0.3, 0.4) is 0 Å². The van der Waals surface area contributed by atoms with Gasteiger partial charge < -0.3 is 10.6 Å². The molecule has 1 saturated heterocycles. The fourth-order valence-electron chi connectivity index (χ4n) is 1.56. The Labute approximate surface area is 99.5 Å². The normalized spacial score (nSPS) is 14.9. The highest BCUT2D eigenvalue weighted by Crippen LogP contribution is 2.14. The van der Waals surface area contributed by atoms with E-state index >= 15 is 0 Å². The number of nitrogens with one attached hydrogen (secondary N) is 2. The quantitative estimate of drug-likeness (QED) is 0.608. The van der Waals surface area contributed by atoms with Gasteiger partial charge in [-0.2, -0.15) is 0 Å². The highest BCUT2D eigenvalue weighted by Gasteiger charge is 2.16. The van der Waals surface area contributed by atoms with Crippen LogP contribution in [0.25, 0.3) is 0 Å². The van der Waals surface area contributed by atoms with Crippen molar-refractivity contribution in [2.45, 2.75) is 6.42 Å². The number of hydrogen-bond acceptors (Lipinski definition) is 3. The molecule has 0 aromatic heterocycles. The molecule has 0 radical (unpaired) electrons. The van der Waals surface area contributed by atoms with Crippen molar-refractivity contribution in [1.29, 1.82) is 0 Å². The van der Waals surface area contributed by atoms with Crippen LogP contribution in [0.15, 0.2) is 41.2 Å². The number of halogens is 1. The summed E-state index contributed by atoms with van der Waals surface area (Å²) in [6.07, 6.45) is 1.03. The topological polar surface area (TPSA) is 41.1 Å². The fraction of sp³-hybridized carbons (Fsp3) is 0.250. The molecule has 0 saturated carbocycles.